The summed E-state index contributed by atoms with van der Waals surface area (Å²) in [6, 6.07) is 3.94. The first-order valence-electron chi connectivity index (χ1n) is 6.66. The Kier molecular flexibility index (Phi) is 4.58. The highest BCUT2D eigenvalue weighted by Crippen LogP contribution is 2.42. The molecular formula is C14H21NO3S. The number of hydrogen-bond donors (Lipinski definition) is 2. The average molecular weight is 283 g/mol. The zero-order valence-electron chi connectivity index (χ0n) is 11.4. The van der Waals surface area contributed by atoms with Crippen LogP contribution in [-0.2, 0) is 10.5 Å². The minimum atomic E-state index is -0.786. The Hall–Kier alpha value is -0.940. The fourth-order valence-electron chi connectivity index (χ4n) is 2.37. The van der Waals surface area contributed by atoms with Gasteiger partial charge < -0.3 is 9.52 Å². The topological polar surface area (TPSA) is 62.5 Å². The van der Waals surface area contributed by atoms with Crippen LogP contribution in [0.2, 0.25) is 0 Å². The maximum absolute atomic E-state index is 11.7. The molecule has 1 aliphatic rings. The van der Waals surface area contributed by atoms with E-state index in [9.17, 15) is 9.90 Å². The van der Waals surface area contributed by atoms with Crippen molar-refractivity contribution in [2.24, 2.45) is 5.92 Å². The van der Waals surface area contributed by atoms with Gasteiger partial charge in [-0.2, -0.15) is 11.8 Å². The molecule has 0 bridgehead atoms. The first kappa shape index (κ1) is 14.5. The van der Waals surface area contributed by atoms with Crippen LogP contribution in [-0.4, -0.2) is 28.4 Å². The summed E-state index contributed by atoms with van der Waals surface area (Å²) in [5.41, 5.74) is -0.786. The van der Waals surface area contributed by atoms with Gasteiger partial charge in [0.2, 0.25) is 0 Å². The maximum atomic E-state index is 11.7. The Balaban J connectivity index is 1.98. The van der Waals surface area contributed by atoms with E-state index < -0.39 is 11.5 Å². The number of nitrogens with one attached hydrogen (secondary N) is 1. The normalized spacial score (nSPS) is 18.5. The van der Waals surface area contributed by atoms with Crippen molar-refractivity contribution in [2.45, 2.75) is 44.0 Å². The lowest BCUT2D eigenvalue weighted by molar-refractivity contribution is -0.145. The summed E-state index contributed by atoms with van der Waals surface area (Å²) >= 11 is 1.62. The number of aliphatic carboxylic acids is 1. The number of carboxylic acid groups (broad SMARTS) is 1. The molecule has 0 aromatic carbocycles. The SMILES string of the molecule is CC(C)NC(CSCc1ccco1)(C(=O)O)C1CC1. The lowest BCUT2D eigenvalue weighted by atomic mass is 9.94. The zero-order valence-corrected chi connectivity index (χ0v) is 12.2. The van der Waals surface area contributed by atoms with Crippen molar-refractivity contribution < 1.29 is 14.3 Å². The fraction of sp³-hybridized carbons (Fsp3) is 0.643. The van der Waals surface area contributed by atoms with E-state index in [1.807, 2.05) is 26.0 Å². The van der Waals surface area contributed by atoms with Crippen molar-refractivity contribution in [3.8, 4) is 0 Å². The Morgan fingerprint density at radius 3 is 2.84 bits per heavy atom. The molecule has 2 rings (SSSR count). The Morgan fingerprint density at radius 2 is 2.37 bits per heavy atom. The third kappa shape index (κ3) is 3.54. The molecule has 0 saturated heterocycles. The van der Waals surface area contributed by atoms with Gasteiger partial charge in [0, 0.05) is 11.8 Å². The summed E-state index contributed by atoms with van der Waals surface area (Å²) < 4.78 is 5.28. The van der Waals surface area contributed by atoms with Gasteiger partial charge in [0.1, 0.15) is 11.3 Å². The van der Waals surface area contributed by atoms with Gasteiger partial charge in [-0.25, -0.2) is 0 Å². The summed E-state index contributed by atoms with van der Waals surface area (Å²) in [5, 5.41) is 12.9. The van der Waals surface area contributed by atoms with E-state index in [-0.39, 0.29) is 12.0 Å². The number of thioether (sulfide) groups is 1. The number of hydrogen-bond acceptors (Lipinski definition) is 4. The van der Waals surface area contributed by atoms with Crippen LogP contribution in [0.1, 0.15) is 32.4 Å². The van der Waals surface area contributed by atoms with Gasteiger partial charge in [0.05, 0.1) is 12.0 Å². The molecule has 0 spiro atoms. The molecule has 1 aliphatic carbocycles. The molecule has 19 heavy (non-hydrogen) atoms. The molecule has 1 unspecified atom stereocenters. The van der Waals surface area contributed by atoms with Gasteiger partial charge in [0.25, 0.3) is 0 Å². The van der Waals surface area contributed by atoms with Gasteiger partial charge in [-0.1, -0.05) is 0 Å². The minimum Gasteiger partial charge on any atom is -0.480 e. The molecule has 0 radical (unpaired) electrons. The molecule has 1 heterocycles. The highest BCUT2D eigenvalue weighted by molar-refractivity contribution is 7.98. The summed E-state index contributed by atoms with van der Waals surface area (Å²) in [6.45, 7) is 3.99. The molecule has 1 saturated carbocycles. The van der Waals surface area contributed by atoms with Crippen molar-refractivity contribution in [1.29, 1.82) is 0 Å². The smallest absolute Gasteiger partial charge is 0.325 e. The zero-order chi connectivity index (χ0) is 13.9. The summed E-state index contributed by atoms with van der Waals surface area (Å²) in [4.78, 5) is 11.7. The third-order valence-corrected chi connectivity index (χ3v) is 4.50. The Morgan fingerprint density at radius 1 is 1.63 bits per heavy atom. The van der Waals surface area contributed by atoms with Gasteiger partial charge in [-0.05, 0) is 44.7 Å². The van der Waals surface area contributed by atoms with E-state index in [1.54, 1.807) is 18.0 Å². The van der Waals surface area contributed by atoms with Crippen LogP contribution in [0.4, 0.5) is 0 Å². The first-order chi connectivity index (χ1) is 9.04. The largest absolute Gasteiger partial charge is 0.480 e. The van der Waals surface area contributed by atoms with Crippen LogP contribution < -0.4 is 5.32 Å². The second kappa shape index (κ2) is 6.01. The van der Waals surface area contributed by atoms with Crippen molar-refractivity contribution in [2.75, 3.05) is 5.75 Å². The highest BCUT2D eigenvalue weighted by atomic mass is 32.2. The quantitative estimate of drug-likeness (QED) is 0.768. The summed E-state index contributed by atoms with van der Waals surface area (Å²) in [5.74, 6) is 1.72. The maximum Gasteiger partial charge on any atom is 0.325 e. The van der Waals surface area contributed by atoms with E-state index >= 15 is 0 Å². The second-order valence-electron chi connectivity index (χ2n) is 5.42. The summed E-state index contributed by atoms with van der Waals surface area (Å²) in [6.07, 6.45) is 3.66. The standard InChI is InChI=1S/C14H21NO3S/c1-10(2)15-14(13(16)17,11-5-6-11)9-19-8-12-4-3-7-18-12/h3-4,7,10-11,15H,5-6,8-9H2,1-2H3,(H,16,17). The first-order valence-corrected chi connectivity index (χ1v) is 7.81. The Bertz CT molecular complexity index is 414. The van der Waals surface area contributed by atoms with Crippen LogP contribution in [0, 0.1) is 5.92 Å². The summed E-state index contributed by atoms with van der Waals surface area (Å²) in [7, 11) is 0. The molecule has 0 amide bonds. The lowest BCUT2D eigenvalue weighted by Crippen LogP contribution is -2.58. The molecule has 4 nitrogen and oxygen atoms in total. The van der Waals surface area contributed by atoms with Crippen LogP contribution in [0.3, 0.4) is 0 Å². The predicted molar refractivity (Wildman–Crippen MR) is 76.2 cm³/mol. The van der Waals surface area contributed by atoms with Crippen LogP contribution in [0.25, 0.3) is 0 Å². The Labute approximate surface area is 117 Å². The molecule has 1 aromatic rings. The van der Waals surface area contributed by atoms with Gasteiger partial charge in [-0.15, -0.1) is 0 Å². The number of carboxylic acids is 1. The van der Waals surface area contributed by atoms with Crippen LogP contribution >= 0.6 is 11.8 Å². The molecule has 2 N–H and O–H groups in total. The minimum absolute atomic E-state index is 0.168. The van der Waals surface area contributed by atoms with E-state index in [1.165, 1.54) is 0 Å². The van der Waals surface area contributed by atoms with E-state index in [2.05, 4.69) is 5.32 Å². The number of furan rings is 1. The van der Waals surface area contributed by atoms with E-state index in [0.717, 1.165) is 18.6 Å². The fourth-order valence-corrected chi connectivity index (χ4v) is 3.61. The molecule has 1 atom stereocenters. The van der Waals surface area contributed by atoms with Crippen molar-refractivity contribution in [3.63, 3.8) is 0 Å². The molecule has 0 aliphatic heterocycles. The van der Waals surface area contributed by atoms with Gasteiger partial charge in [0.15, 0.2) is 0 Å². The number of carbonyl (C=O) groups is 1. The predicted octanol–water partition coefficient (Wildman–Crippen LogP) is 2.74. The van der Waals surface area contributed by atoms with Gasteiger partial charge >= 0.3 is 5.97 Å². The third-order valence-electron chi connectivity index (χ3n) is 3.36. The highest BCUT2D eigenvalue weighted by Gasteiger charge is 2.51. The van der Waals surface area contributed by atoms with Crippen molar-refractivity contribution >= 4 is 17.7 Å². The van der Waals surface area contributed by atoms with Crippen molar-refractivity contribution in [1.82, 2.24) is 5.32 Å². The molecule has 5 heteroatoms. The monoisotopic (exact) mass is 283 g/mol. The van der Waals surface area contributed by atoms with E-state index in [0.29, 0.717) is 11.5 Å². The molecule has 1 fully saturated rings. The van der Waals surface area contributed by atoms with Crippen LogP contribution in [0.5, 0.6) is 0 Å². The van der Waals surface area contributed by atoms with E-state index in [4.69, 9.17) is 4.42 Å². The molecule has 1 aromatic heterocycles. The van der Waals surface area contributed by atoms with Gasteiger partial charge in [-0.3, -0.25) is 10.1 Å². The molecule has 106 valence electrons. The lowest BCUT2D eigenvalue weighted by Gasteiger charge is -2.32. The second-order valence-corrected chi connectivity index (χ2v) is 6.41. The molecular weight excluding hydrogens is 262 g/mol. The average Bonchev–Trinajstić information content (AvgIpc) is 3.06. The number of rotatable bonds is 8. The van der Waals surface area contributed by atoms with Crippen LogP contribution in [0.15, 0.2) is 22.8 Å². The van der Waals surface area contributed by atoms with Crippen molar-refractivity contribution in [3.05, 3.63) is 24.2 Å².